The maximum atomic E-state index is 13.2. The van der Waals surface area contributed by atoms with Crippen LogP contribution in [0.3, 0.4) is 0 Å². The molecular weight excluding hydrogens is 410 g/mol. The van der Waals surface area contributed by atoms with Crippen molar-refractivity contribution in [1.82, 2.24) is 16.0 Å². The maximum Gasteiger partial charge on any atom is 0.416 e. The van der Waals surface area contributed by atoms with E-state index in [2.05, 4.69) is 16.0 Å². The van der Waals surface area contributed by atoms with Gasteiger partial charge in [0.1, 0.15) is 6.67 Å². The minimum atomic E-state index is -4.55. The highest BCUT2D eigenvalue weighted by Crippen LogP contribution is 2.45. The lowest BCUT2D eigenvalue weighted by Gasteiger charge is -2.33. The molecule has 0 spiro atoms. The number of rotatable bonds is 7. The average Bonchev–Trinajstić information content (AvgIpc) is 3.17. The van der Waals surface area contributed by atoms with Crippen LogP contribution in [0.2, 0.25) is 0 Å². The number of nitrogens with one attached hydrogen (secondary N) is 3. The van der Waals surface area contributed by atoms with Crippen LogP contribution in [0.1, 0.15) is 62.6 Å². The summed E-state index contributed by atoms with van der Waals surface area (Å²) < 4.78 is 52.4. The maximum absolute atomic E-state index is 13.2. The van der Waals surface area contributed by atoms with Crippen molar-refractivity contribution in [2.24, 2.45) is 11.3 Å². The highest BCUT2D eigenvalue weighted by atomic mass is 19.4. The van der Waals surface area contributed by atoms with E-state index in [-0.39, 0.29) is 35.5 Å². The van der Waals surface area contributed by atoms with Gasteiger partial charge in [0.2, 0.25) is 5.91 Å². The van der Waals surface area contributed by atoms with Gasteiger partial charge in [-0.2, -0.15) is 13.2 Å². The minimum Gasteiger partial charge on any atom is -0.352 e. The summed E-state index contributed by atoms with van der Waals surface area (Å²) in [5.74, 6) is -0.0283. The van der Waals surface area contributed by atoms with Crippen molar-refractivity contribution >= 4 is 5.91 Å². The first-order valence-corrected chi connectivity index (χ1v) is 11.1. The number of carbonyl (C=O) groups is 1. The Labute approximate surface area is 181 Å². The van der Waals surface area contributed by atoms with E-state index in [1.165, 1.54) is 6.07 Å². The summed E-state index contributed by atoms with van der Waals surface area (Å²) in [5.41, 5.74) is -1.22. The molecule has 174 valence electrons. The Morgan fingerprint density at radius 3 is 2.55 bits per heavy atom. The third-order valence-electron chi connectivity index (χ3n) is 6.86. The summed E-state index contributed by atoms with van der Waals surface area (Å²) in [6, 6.07) is 3.84. The molecule has 2 aliphatic rings. The Morgan fingerprint density at radius 2 is 1.94 bits per heavy atom. The summed E-state index contributed by atoms with van der Waals surface area (Å²) in [6.45, 7) is 4.99. The normalized spacial score (nSPS) is 26.9. The molecule has 3 atom stereocenters. The van der Waals surface area contributed by atoms with Gasteiger partial charge in [-0.25, -0.2) is 4.39 Å². The number of amides is 1. The molecule has 1 amide bonds. The van der Waals surface area contributed by atoms with Crippen LogP contribution in [0.25, 0.3) is 0 Å². The molecule has 3 N–H and O–H groups in total. The number of carbonyl (C=O) groups excluding carboxylic acids is 1. The van der Waals surface area contributed by atoms with Crippen molar-refractivity contribution in [2.75, 3.05) is 13.1 Å². The second kappa shape index (κ2) is 9.86. The van der Waals surface area contributed by atoms with E-state index in [1.807, 2.05) is 13.8 Å². The quantitative estimate of drug-likeness (QED) is 0.550. The summed E-state index contributed by atoms with van der Waals surface area (Å²) in [4.78, 5) is 13.2. The fraction of sp³-hybridized carbons (Fsp3) is 0.696. The molecule has 1 saturated heterocycles. The van der Waals surface area contributed by atoms with Gasteiger partial charge in [0.25, 0.3) is 0 Å². The van der Waals surface area contributed by atoms with Crippen molar-refractivity contribution in [3.05, 3.63) is 34.9 Å². The van der Waals surface area contributed by atoms with Crippen LogP contribution < -0.4 is 16.0 Å². The fourth-order valence-corrected chi connectivity index (χ4v) is 5.00. The smallest absolute Gasteiger partial charge is 0.352 e. The van der Waals surface area contributed by atoms with E-state index in [0.29, 0.717) is 12.5 Å². The molecule has 1 aromatic rings. The van der Waals surface area contributed by atoms with Crippen LogP contribution in [0.15, 0.2) is 18.2 Å². The molecule has 31 heavy (non-hydrogen) atoms. The van der Waals surface area contributed by atoms with Crippen molar-refractivity contribution in [3.63, 3.8) is 0 Å². The first kappa shape index (κ1) is 24.0. The van der Waals surface area contributed by atoms with Crippen LogP contribution in [0.5, 0.6) is 0 Å². The van der Waals surface area contributed by atoms with Crippen LogP contribution in [-0.4, -0.2) is 31.1 Å². The van der Waals surface area contributed by atoms with Gasteiger partial charge in [-0.1, -0.05) is 19.9 Å². The Hall–Kier alpha value is -1.67. The molecule has 1 aliphatic carbocycles. The summed E-state index contributed by atoms with van der Waals surface area (Å²) in [6.07, 6.45) is 0.0614. The topological polar surface area (TPSA) is 53.2 Å². The largest absolute Gasteiger partial charge is 0.416 e. The van der Waals surface area contributed by atoms with E-state index < -0.39 is 23.8 Å². The predicted molar refractivity (Wildman–Crippen MR) is 112 cm³/mol. The Kier molecular flexibility index (Phi) is 7.63. The predicted octanol–water partition coefficient (Wildman–Crippen LogP) is 4.33. The van der Waals surface area contributed by atoms with Crippen LogP contribution >= 0.6 is 0 Å². The SMILES string of the molecule is CC(C)[C@]1(C(=O)NCc2cc(CF)cc(C(F)(F)F)c2)CC[C@@H](NC2CCCNC2)C1. The van der Waals surface area contributed by atoms with Gasteiger partial charge >= 0.3 is 6.18 Å². The van der Waals surface area contributed by atoms with Gasteiger partial charge < -0.3 is 16.0 Å². The van der Waals surface area contributed by atoms with Crippen molar-refractivity contribution in [2.45, 2.75) is 77.4 Å². The fourth-order valence-electron chi connectivity index (χ4n) is 5.00. The zero-order valence-electron chi connectivity index (χ0n) is 18.2. The molecule has 4 nitrogen and oxygen atoms in total. The number of alkyl halides is 4. The van der Waals surface area contributed by atoms with Gasteiger partial charge in [0.15, 0.2) is 0 Å². The minimum absolute atomic E-state index is 0.0381. The van der Waals surface area contributed by atoms with E-state index in [1.54, 1.807) is 0 Å². The summed E-state index contributed by atoms with van der Waals surface area (Å²) in [7, 11) is 0. The standard InChI is InChI=1S/C23H33F4N3O/c1-15(2)22(6-5-19(11-22)30-20-4-3-7-28-14-20)21(31)29-13-17-8-16(12-24)9-18(10-17)23(25,26)27/h8-10,15,19-20,28,30H,3-7,11-14H2,1-2H3,(H,29,31)/t19-,20?,22+/m1/s1. The van der Waals surface area contributed by atoms with Gasteiger partial charge in [-0.15, -0.1) is 0 Å². The van der Waals surface area contributed by atoms with Crippen LogP contribution in [0, 0.1) is 11.3 Å². The second-order valence-electron chi connectivity index (χ2n) is 9.31. The van der Waals surface area contributed by atoms with Gasteiger partial charge in [0.05, 0.1) is 11.0 Å². The number of piperidine rings is 1. The third-order valence-corrected chi connectivity index (χ3v) is 6.86. The summed E-state index contributed by atoms with van der Waals surface area (Å²) >= 11 is 0. The number of halogens is 4. The van der Waals surface area contributed by atoms with Gasteiger partial charge in [0, 0.05) is 25.2 Å². The molecule has 1 aliphatic heterocycles. The Morgan fingerprint density at radius 1 is 1.19 bits per heavy atom. The number of hydrogen-bond acceptors (Lipinski definition) is 3. The molecule has 8 heteroatoms. The molecule has 1 saturated carbocycles. The first-order chi connectivity index (χ1) is 14.6. The number of benzene rings is 1. The Bertz CT molecular complexity index is 762. The van der Waals surface area contributed by atoms with E-state index in [4.69, 9.17) is 0 Å². The molecule has 3 rings (SSSR count). The molecule has 1 aromatic carbocycles. The number of hydrogen-bond donors (Lipinski definition) is 3. The lowest BCUT2D eigenvalue weighted by atomic mass is 9.74. The summed E-state index contributed by atoms with van der Waals surface area (Å²) in [5, 5.41) is 9.92. The van der Waals surface area contributed by atoms with E-state index in [0.717, 1.165) is 50.9 Å². The molecule has 2 fully saturated rings. The monoisotopic (exact) mass is 443 g/mol. The molecule has 0 radical (unpaired) electrons. The van der Waals surface area contributed by atoms with Crippen LogP contribution in [-0.2, 0) is 24.2 Å². The molecule has 0 aromatic heterocycles. The highest BCUT2D eigenvalue weighted by Gasteiger charge is 2.47. The third kappa shape index (κ3) is 5.77. The lowest BCUT2D eigenvalue weighted by Crippen LogP contribution is -2.48. The zero-order valence-corrected chi connectivity index (χ0v) is 18.2. The molecular formula is C23H33F4N3O. The van der Waals surface area contributed by atoms with Gasteiger partial charge in [-0.3, -0.25) is 4.79 Å². The van der Waals surface area contributed by atoms with Crippen LogP contribution in [0.4, 0.5) is 17.6 Å². The molecule has 1 heterocycles. The van der Waals surface area contributed by atoms with Crippen molar-refractivity contribution < 1.29 is 22.4 Å². The molecule has 1 unspecified atom stereocenters. The van der Waals surface area contributed by atoms with Gasteiger partial charge in [-0.05, 0) is 67.8 Å². The lowest BCUT2D eigenvalue weighted by molar-refractivity contribution is -0.137. The Balaban J connectivity index is 1.66. The zero-order chi connectivity index (χ0) is 22.6. The van der Waals surface area contributed by atoms with E-state index >= 15 is 0 Å². The van der Waals surface area contributed by atoms with E-state index in [9.17, 15) is 22.4 Å². The average molecular weight is 444 g/mol. The first-order valence-electron chi connectivity index (χ1n) is 11.1. The van der Waals surface area contributed by atoms with Crippen molar-refractivity contribution in [3.8, 4) is 0 Å². The molecule has 0 bridgehead atoms. The second-order valence-corrected chi connectivity index (χ2v) is 9.31. The highest BCUT2D eigenvalue weighted by molar-refractivity contribution is 5.83. The van der Waals surface area contributed by atoms with Crippen molar-refractivity contribution in [1.29, 1.82) is 0 Å².